The second-order valence-corrected chi connectivity index (χ2v) is 5.16. The molecule has 0 saturated carbocycles. The molecule has 5 nitrogen and oxygen atoms in total. The maximum atomic E-state index is 12.1. The van der Waals surface area contributed by atoms with Crippen LogP contribution in [0.15, 0.2) is 41.5 Å². The number of carbonyl (C=O) groups excluding carboxylic acids is 1. The van der Waals surface area contributed by atoms with Crippen molar-refractivity contribution in [2.24, 2.45) is 5.10 Å². The highest BCUT2D eigenvalue weighted by molar-refractivity contribution is 6.36. The van der Waals surface area contributed by atoms with Crippen LogP contribution in [0.4, 0.5) is 5.69 Å². The van der Waals surface area contributed by atoms with Crippen molar-refractivity contribution < 1.29 is 9.90 Å². The van der Waals surface area contributed by atoms with Gasteiger partial charge in [-0.1, -0.05) is 35.3 Å². The van der Waals surface area contributed by atoms with Gasteiger partial charge in [-0.15, -0.1) is 0 Å². The highest BCUT2D eigenvalue weighted by atomic mass is 35.5. The SMILES string of the molecule is CNc1ccccc1C(=O)N/N=C/c1cc(Cl)cc(Cl)c1O. The third-order valence-corrected chi connectivity index (χ3v) is 3.37. The van der Waals surface area contributed by atoms with Crippen LogP contribution in [-0.4, -0.2) is 24.3 Å². The zero-order valence-electron chi connectivity index (χ0n) is 11.6. The molecule has 0 unspecified atom stereocenters. The topological polar surface area (TPSA) is 73.7 Å². The Bertz CT molecular complexity index is 733. The molecule has 114 valence electrons. The van der Waals surface area contributed by atoms with Gasteiger partial charge >= 0.3 is 0 Å². The van der Waals surface area contributed by atoms with Crippen LogP contribution in [0.5, 0.6) is 5.75 Å². The fraction of sp³-hybridized carbons (Fsp3) is 0.0667. The summed E-state index contributed by atoms with van der Waals surface area (Å²) >= 11 is 11.7. The third kappa shape index (κ3) is 3.69. The molecule has 0 aliphatic heterocycles. The van der Waals surface area contributed by atoms with Crippen LogP contribution < -0.4 is 10.7 Å². The molecule has 0 fully saturated rings. The lowest BCUT2D eigenvalue weighted by molar-refractivity contribution is 0.0956. The number of anilines is 1. The van der Waals surface area contributed by atoms with Gasteiger partial charge in [0.15, 0.2) is 0 Å². The lowest BCUT2D eigenvalue weighted by Crippen LogP contribution is -2.19. The fourth-order valence-electron chi connectivity index (χ4n) is 1.80. The van der Waals surface area contributed by atoms with E-state index in [1.807, 2.05) is 6.07 Å². The van der Waals surface area contributed by atoms with Crippen molar-refractivity contribution in [2.45, 2.75) is 0 Å². The number of nitrogens with zero attached hydrogens (tertiary/aromatic N) is 1. The summed E-state index contributed by atoms with van der Waals surface area (Å²) in [5.41, 5.74) is 3.83. The molecule has 0 radical (unpaired) electrons. The van der Waals surface area contributed by atoms with E-state index in [2.05, 4.69) is 15.8 Å². The van der Waals surface area contributed by atoms with E-state index in [1.165, 1.54) is 18.3 Å². The molecule has 7 heteroatoms. The van der Waals surface area contributed by atoms with E-state index in [4.69, 9.17) is 23.2 Å². The minimum Gasteiger partial charge on any atom is -0.506 e. The Balaban J connectivity index is 2.14. The van der Waals surface area contributed by atoms with E-state index in [9.17, 15) is 9.90 Å². The predicted molar refractivity (Wildman–Crippen MR) is 89.2 cm³/mol. The molecule has 2 aromatic rings. The summed E-state index contributed by atoms with van der Waals surface area (Å²) in [6.07, 6.45) is 1.27. The van der Waals surface area contributed by atoms with Crippen LogP contribution in [0.3, 0.4) is 0 Å². The quantitative estimate of drug-likeness (QED) is 0.590. The second kappa shape index (κ2) is 7.15. The Morgan fingerprint density at radius 1 is 1.27 bits per heavy atom. The molecule has 0 bridgehead atoms. The summed E-state index contributed by atoms with van der Waals surface area (Å²) in [6.45, 7) is 0. The second-order valence-electron chi connectivity index (χ2n) is 4.32. The average molecular weight is 338 g/mol. The fourth-order valence-corrected chi connectivity index (χ4v) is 2.31. The number of para-hydroxylation sites is 1. The number of aromatic hydroxyl groups is 1. The van der Waals surface area contributed by atoms with Crippen molar-refractivity contribution in [2.75, 3.05) is 12.4 Å². The number of phenols is 1. The number of hydrazone groups is 1. The molecule has 0 aliphatic carbocycles. The monoisotopic (exact) mass is 337 g/mol. The average Bonchev–Trinajstić information content (AvgIpc) is 2.51. The van der Waals surface area contributed by atoms with Crippen LogP contribution in [0.2, 0.25) is 10.0 Å². The van der Waals surface area contributed by atoms with Gasteiger partial charge in [0.1, 0.15) is 5.75 Å². The summed E-state index contributed by atoms with van der Waals surface area (Å²) in [4.78, 5) is 12.1. The van der Waals surface area contributed by atoms with Crippen molar-refractivity contribution in [3.63, 3.8) is 0 Å². The highest BCUT2D eigenvalue weighted by Crippen LogP contribution is 2.29. The molecule has 2 aromatic carbocycles. The first-order chi connectivity index (χ1) is 10.5. The number of carbonyl (C=O) groups is 1. The normalized spacial score (nSPS) is 10.7. The number of halogens is 2. The van der Waals surface area contributed by atoms with Crippen LogP contribution in [0, 0.1) is 0 Å². The highest BCUT2D eigenvalue weighted by Gasteiger charge is 2.09. The zero-order chi connectivity index (χ0) is 16.1. The maximum absolute atomic E-state index is 12.1. The summed E-state index contributed by atoms with van der Waals surface area (Å²) in [5, 5.41) is 17.0. The van der Waals surface area contributed by atoms with Gasteiger partial charge in [-0.05, 0) is 24.3 Å². The lowest BCUT2D eigenvalue weighted by atomic mass is 10.1. The Morgan fingerprint density at radius 3 is 2.73 bits per heavy atom. The molecule has 0 aliphatic rings. The predicted octanol–water partition coefficient (Wildman–Crippen LogP) is 3.50. The number of hydrogen-bond acceptors (Lipinski definition) is 4. The Morgan fingerprint density at radius 2 is 2.00 bits per heavy atom. The van der Waals surface area contributed by atoms with Gasteiger partial charge in [0.25, 0.3) is 5.91 Å². The molecule has 0 atom stereocenters. The summed E-state index contributed by atoms with van der Waals surface area (Å²) in [5.74, 6) is -0.534. The van der Waals surface area contributed by atoms with E-state index in [0.717, 1.165) is 0 Å². The van der Waals surface area contributed by atoms with Crippen molar-refractivity contribution in [3.8, 4) is 5.75 Å². The summed E-state index contributed by atoms with van der Waals surface area (Å²) < 4.78 is 0. The van der Waals surface area contributed by atoms with E-state index in [0.29, 0.717) is 21.8 Å². The van der Waals surface area contributed by atoms with E-state index < -0.39 is 0 Å². The molecule has 3 N–H and O–H groups in total. The van der Waals surface area contributed by atoms with Crippen molar-refractivity contribution >= 4 is 41.0 Å². The minimum atomic E-state index is -0.381. The Hall–Kier alpha value is -2.24. The Labute approximate surface area is 137 Å². The molecule has 0 saturated heterocycles. The Kier molecular flexibility index (Phi) is 5.25. The first-order valence-electron chi connectivity index (χ1n) is 6.31. The van der Waals surface area contributed by atoms with Crippen molar-refractivity contribution in [1.29, 1.82) is 0 Å². The largest absolute Gasteiger partial charge is 0.506 e. The number of phenolic OH excluding ortho intramolecular Hbond substituents is 1. The van der Waals surface area contributed by atoms with Gasteiger partial charge in [-0.2, -0.15) is 5.10 Å². The van der Waals surface area contributed by atoms with Crippen molar-refractivity contribution in [1.82, 2.24) is 5.43 Å². The summed E-state index contributed by atoms with van der Waals surface area (Å²) in [6, 6.07) is 9.92. The standard InChI is InChI=1S/C15H13Cl2N3O2/c1-18-13-5-3-2-4-11(13)15(22)20-19-8-9-6-10(16)7-12(17)14(9)21/h2-8,18,21H,1H3,(H,20,22)/b19-8+. The molecule has 0 heterocycles. The van der Waals surface area contributed by atoms with E-state index in [1.54, 1.807) is 25.2 Å². The van der Waals surface area contributed by atoms with Crippen molar-refractivity contribution in [3.05, 3.63) is 57.6 Å². The van der Waals surface area contributed by atoms with Crippen LogP contribution in [-0.2, 0) is 0 Å². The number of nitrogens with one attached hydrogen (secondary N) is 2. The van der Waals surface area contributed by atoms with Crippen LogP contribution in [0.1, 0.15) is 15.9 Å². The van der Waals surface area contributed by atoms with Crippen LogP contribution >= 0.6 is 23.2 Å². The zero-order valence-corrected chi connectivity index (χ0v) is 13.1. The smallest absolute Gasteiger partial charge is 0.273 e. The van der Waals surface area contributed by atoms with Gasteiger partial charge < -0.3 is 10.4 Å². The van der Waals surface area contributed by atoms with Gasteiger partial charge in [-0.3, -0.25) is 4.79 Å². The molecule has 0 aromatic heterocycles. The lowest BCUT2D eigenvalue weighted by Gasteiger charge is -2.07. The first-order valence-corrected chi connectivity index (χ1v) is 7.06. The molecule has 0 spiro atoms. The molecular formula is C15H13Cl2N3O2. The number of rotatable bonds is 4. The summed E-state index contributed by atoms with van der Waals surface area (Å²) in [7, 11) is 1.72. The van der Waals surface area contributed by atoms with Gasteiger partial charge in [0, 0.05) is 23.3 Å². The van der Waals surface area contributed by atoms with E-state index >= 15 is 0 Å². The van der Waals surface area contributed by atoms with E-state index in [-0.39, 0.29) is 16.7 Å². The number of amides is 1. The third-order valence-electron chi connectivity index (χ3n) is 2.87. The molecule has 1 amide bonds. The van der Waals surface area contributed by atoms with Gasteiger partial charge in [0.05, 0.1) is 16.8 Å². The van der Waals surface area contributed by atoms with Gasteiger partial charge in [-0.25, -0.2) is 5.43 Å². The van der Waals surface area contributed by atoms with Gasteiger partial charge in [0.2, 0.25) is 0 Å². The molecule has 22 heavy (non-hydrogen) atoms. The molecular weight excluding hydrogens is 325 g/mol. The number of hydrogen-bond donors (Lipinski definition) is 3. The first kappa shape index (κ1) is 16.1. The molecule has 2 rings (SSSR count). The van der Waals surface area contributed by atoms with Crippen LogP contribution in [0.25, 0.3) is 0 Å². The maximum Gasteiger partial charge on any atom is 0.273 e. The number of benzene rings is 2. The minimum absolute atomic E-state index is 0.112.